The van der Waals surface area contributed by atoms with Crippen LogP contribution < -0.4 is 4.90 Å². The lowest BCUT2D eigenvalue weighted by Crippen LogP contribution is -2.24. The van der Waals surface area contributed by atoms with Gasteiger partial charge in [0.15, 0.2) is 0 Å². The van der Waals surface area contributed by atoms with E-state index in [2.05, 4.69) is 0 Å². The van der Waals surface area contributed by atoms with Crippen LogP contribution in [0.4, 0.5) is 5.69 Å². The van der Waals surface area contributed by atoms with E-state index >= 15 is 0 Å². The Hall–Kier alpha value is -1.35. The van der Waals surface area contributed by atoms with Crippen molar-refractivity contribution in [3.8, 4) is 0 Å². The van der Waals surface area contributed by atoms with Gasteiger partial charge in [-0.25, -0.2) is 0 Å². The minimum Gasteiger partial charge on any atom is -0.308 e. The van der Waals surface area contributed by atoms with Crippen LogP contribution in [0.15, 0.2) is 18.2 Å². The molecule has 3 nitrogen and oxygen atoms in total. The number of anilines is 1. The molecule has 1 aromatic carbocycles. The van der Waals surface area contributed by atoms with Gasteiger partial charge in [-0.05, 0) is 18.2 Å². The number of rotatable bonds is 0. The number of Topliss-reactive ketones (excluding diaryl/α,β-unsaturated/α-hetero) is 1. The topological polar surface area (TPSA) is 37.4 Å². The van der Waals surface area contributed by atoms with Crippen molar-refractivity contribution in [1.82, 2.24) is 0 Å². The summed E-state index contributed by atoms with van der Waals surface area (Å²) in [5.74, 6) is -1.86. The van der Waals surface area contributed by atoms with Gasteiger partial charge in [-0.2, -0.15) is 0 Å². The van der Waals surface area contributed by atoms with Gasteiger partial charge in [0.2, 0.25) is 0 Å². The van der Waals surface area contributed by atoms with Gasteiger partial charge in [0.05, 0.1) is 11.3 Å². The molecule has 0 saturated carbocycles. The van der Waals surface area contributed by atoms with E-state index in [0.29, 0.717) is 4.90 Å². The van der Waals surface area contributed by atoms with Crippen molar-refractivity contribution in [3.63, 3.8) is 0 Å². The molecule has 0 aromatic heterocycles. The maximum atomic E-state index is 11.5. The van der Waals surface area contributed by atoms with Crippen LogP contribution in [0.25, 0.3) is 0 Å². The number of hydrogen-bond acceptors (Lipinski definition) is 2. The molecule has 4 heteroatoms. The Kier molecular flexibility index (Phi) is 1.07. The molecule has 1 aliphatic rings. The fourth-order valence-electron chi connectivity index (χ4n) is 1.21. The molecule has 2 rings (SSSR count). The number of nitrogens with zero attached hydrogens (tertiary/aromatic N) is 1. The van der Waals surface area contributed by atoms with Crippen molar-refractivity contribution in [2.24, 2.45) is 0 Å². The molecular formula is C9H6ClNO2. The van der Waals surface area contributed by atoms with E-state index in [-0.39, 0.29) is 16.3 Å². The molecule has 1 aromatic rings. The smallest absolute Gasteiger partial charge is 0.299 e. The van der Waals surface area contributed by atoms with Crippen LogP contribution >= 0.6 is 11.6 Å². The maximum Gasteiger partial charge on any atom is 0.299 e. The molecule has 1 heterocycles. The summed E-state index contributed by atoms with van der Waals surface area (Å²) in [7, 11) is 0. The molecule has 0 N–H and O–H groups in total. The standard InChI is InChI=1S/C9H6ClNO2/c1-11-7-4-5(10)2-3-6(7)8(12)9(11)13/h2-4H,1H3/i1D3. The van der Waals surface area contributed by atoms with E-state index in [0.717, 1.165) is 0 Å². The number of carbonyl (C=O) groups excluding carboxylic acids is 2. The first-order valence-electron chi connectivity index (χ1n) is 5.01. The molecule has 1 aliphatic heterocycles. The summed E-state index contributed by atoms with van der Waals surface area (Å²) >= 11 is 5.70. The van der Waals surface area contributed by atoms with Gasteiger partial charge in [-0.15, -0.1) is 0 Å². The monoisotopic (exact) mass is 198 g/mol. The van der Waals surface area contributed by atoms with Gasteiger partial charge in [-0.1, -0.05) is 11.6 Å². The molecule has 13 heavy (non-hydrogen) atoms. The average molecular weight is 199 g/mol. The molecule has 0 atom stereocenters. The molecular weight excluding hydrogens is 190 g/mol. The lowest BCUT2D eigenvalue weighted by Gasteiger charge is -2.07. The molecule has 0 fully saturated rings. The minimum atomic E-state index is -2.68. The normalized spacial score (nSPS) is 19.5. The molecule has 0 unspecified atom stereocenters. The largest absolute Gasteiger partial charge is 0.308 e. The van der Waals surface area contributed by atoms with Crippen LogP contribution in [0.2, 0.25) is 5.02 Å². The summed E-state index contributed by atoms with van der Waals surface area (Å²) in [6, 6.07) is 4.09. The maximum absolute atomic E-state index is 11.5. The molecule has 0 aliphatic carbocycles. The highest BCUT2D eigenvalue weighted by molar-refractivity contribution is 6.52. The Morgan fingerprint density at radius 1 is 1.46 bits per heavy atom. The third-order valence-corrected chi connectivity index (χ3v) is 2.08. The van der Waals surface area contributed by atoms with Crippen LogP contribution in [0, 0.1) is 0 Å². The van der Waals surface area contributed by atoms with E-state index < -0.39 is 18.7 Å². The van der Waals surface area contributed by atoms with E-state index in [9.17, 15) is 9.59 Å². The van der Waals surface area contributed by atoms with Gasteiger partial charge in [0, 0.05) is 16.1 Å². The zero-order chi connectivity index (χ0) is 12.1. The Balaban J connectivity index is 2.65. The Morgan fingerprint density at radius 2 is 2.23 bits per heavy atom. The lowest BCUT2D eigenvalue weighted by molar-refractivity contribution is -0.114. The molecule has 0 spiro atoms. The molecule has 0 saturated heterocycles. The number of halogens is 1. The molecule has 0 radical (unpaired) electrons. The minimum absolute atomic E-state index is 0.0440. The molecule has 1 amide bonds. The highest BCUT2D eigenvalue weighted by Gasteiger charge is 2.32. The quantitative estimate of drug-likeness (QED) is 0.593. The van der Waals surface area contributed by atoms with Crippen molar-refractivity contribution in [3.05, 3.63) is 28.8 Å². The van der Waals surface area contributed by atoms with E-state index in [1.54, 1.807) is 0 Å². The highest BCUT2D eigenvalue weighted by Crippen LogP contribution is 2.29. The number of likely N-dealkylation sites (N-methyl/N-ethyl adjacent to an activating group) is 1. The summed E-state index contributed by atoms with van der Waals surface area (Å²) in [5.41, 5.74) is 0.119. The number of fused-ring (bicyclic) bond motifs is 1. The van der Waals surface area contributed by atoms with Gasteiger partial charge < -0.3 is 4.90 Å². The van der Waals surface area contributed by atoms with Crippen molar-refractivity contribution < 1.29 is 13.7 Å². The second kappa shape index (κ2) is 2.57. The van der Waals surface area contributed by atoms with Crippen LogP contribution in [0.1, 0.15) is 14.5 Å². The van der Waals surface area contributed by atoms with Gasteiger partial charge in [-0.3, -0.25) is 9.59 Å². The zero-order valence-corrected chi connectivity index (χ0v) is 7.13. The zero-order valence-electron chi connectivity index (χ0n) is 9.37. The van der Waals surface area contributed by atoms with Crippen LogP contribution in [-0.2, 0) is 4.79 Å². The van der Waals surface area contributed by atoms with Gasteiger partial charge >= 0.3 is 0 Å². The first kappa shape index (κ1) is 5.40. The average Bonchev–Trinajstić information content (AvgIpc) is 2.38. The first-order valence-corrected chi connectivity index (χ1v) is 3.88. The van der Waals surface area contributed by atoms with E-state index in [4.69, 9.17) is 15.7 Å². The fraction of sp³-hybridized carbons (Fsp3) is 0.111. The van der Waals surface area contributed by atoms with Crippen molar-refractivity contribution in [2.45, 2.75) is 0 Å². The second-order valence-electron chi connectivity index (χ2n) is 2.63. The third-order valence-electron chi connectivity index (χ3n) is 1.84. The van der Waals surface area contributed by atoms with E-state index in [1.165, 1.54) is 18.2 Å². The predicted molar refractivity (Wildman–Crippen MR) is 49.2 cm³/mol. The van der Waals surface area contributed by atoms with Crippen molar-refractivity contribution >= 4 is 29.0 Å². The van der Waals surface area contributed by atoms with Gasteiger partial charge in [0.1, 0.15) is 0 Å². The van der Waals surface area contributed by atoms with E-state index in [1.807, 2.05) is 0 Å². The molecule has 66 valence electrons. The second-order valence-corrected chi connectivity index (χ2v) is 3.07. The Bertz CT molecular complexity index is 498. The highest BCUT2D eigenvalue weighted by atomic mass is 35.5. The first-order chi connectivity index (χ1) is 7.32. The number of amides is 1. The summed E-state index contributed by atoms with van der Waals surface area (Å²) in [6.45, 7) is -2.68. The number of hydrogen-bond donors (Lipinski definition) is 0. The number of benzene rings is 1. The third kappa shape index (κ3) is 1.04. The van der Waals surface area contributed by atoms with Crippen molar-refractivity contribution in [2.75, 3.05) is 11.9 Å². The fourth-order valence-corrected chi connectivity index (χ4v) is 1.37. The molecule has 0 bridgehead atoms. The van der Waals surface area contributed by atoms with Crippen LogP contribution in [0.3, 0.4) is 0 Å². The lowest BCUT2D eigenvalue weighted by atomic mass is 10.1. The summed E-state index contributed by atoms with van der Waals surface area (Å²) in [5, 5.41) is 0.274. The Morgan fingerprint density at radius 3 is 2.92 bits per heavy atom. The van der Waals surface area contributed by atoms with Gasteiger partial charge in [0.25, 0.3) is 11.7 Å². The van der Waals surface area contributed by atoms with Crippen molar-refractivity contribution in [1.29, 1.82) is 0 Å². The van der Waals surface area contributed by atoms with Crippen LogP contribution in [-0.4, -0.2) is 18.7 Å². The summed E-state index contributed by atoms with van der Waals surface area (Å²) in [4.78, 5) is 23.5. The number of carbonyl (C=O) groups is 2. The SMILES string of the molecule is [2H]C([2H])([2H])N1C(=O)C(=O)c2ccc(Cl)cc21. The Labute approximate surface area is 84.1 Å². The number of ketones is 1. The van der Waals surface area contributed by atoms with Crippen LogP contribution in [0.5, 0.6) is 0 Å². The summed E-state index contributed by atoms with van der Waals surface area (Å²) < 4.78 is 21.6. The summed E-state index contributed by atoms with van der Waals surface area (Å²) in [6.07, 6.45) is 0. The predicted octanol–water partition coefficient (Wildman–Crippen LogP) is 1.50.